The van der Waals surface area contributed by atoms with Crippen LogP contribution in [-0.4, -0.2) is 5.25 Å². The molecule has 0 unspecified atom stereocenters. The lowest BCUT2D eigenvalue weighted by Crippen LogP contribution is -2.06. The summed E-state index contributed by atoms with van der Waals surface area (Å²) in [5.74, 6) is 2.72. The highest BCUT2D eigenvalue weighted by Crippen LogP contribution is 2.27. The second-order valence-electron chi connectivity index (χ2n) is 3.18. The van der Waals surface area contributed by atoms with Gasteiger partial charge in [-0.2, -0.15) is 0 Å². The second-order valence-corrected chi connectivity index (χ2v) is 5.61. The number of allylic oxidation sites excluding steroid dienone is 1. The van der Waals surface area contributed by atoms with E-state index in [-0.39, 0.29) is 9.52 Å². The molecule has 0 aliphatic heterocycles. The highest BCUT2D eigenvalue weighted by molar-refractivity contribution is 8.04. The van der Waals surface area contributed by atoms with Gasteiger partial charge in [0.15, 0.2) is 0 Å². The van der Waals surface area contributed by atoms with Crippen molar-refractivity contribution in [3.8, 4) is 11.2 Å². The van der Waals surface area contributed by atoms with E-state index in [4.69, 9.17) is 34.8 Å². The molecule has 0 nitrogen and oxygen atoms in total. The molecule has 4 heteroatoms. The Labute approximate surface area is 104 Å². The Kier molecular flexibility index (Phi) is 6.21. The predicted octanol–water partition coefficient (Wildman–Crippen LogP) is 4.90. The zero-order valence-electron chi connectivity index (χ0n) is 7.66. The van der Waals surface area contributed by atoms with Crippen LogP contribution in [-0.2, 0) is 0 Å². The van der Waals surface area contributed by atoms with E-state index in [0.717, 1.165) is 0 Å². The molecule has 0 saturated heterocycles. The van der Waals surface area contributed by atoms with Crippen LogP contribution >= 0.6 is 46.6 Å². The maximum absolute atomic E-state index is 5.66. The number of rotatable bonds is 1. The van der Waals surface area contributed by atoms with Gasteiger partial charge in [-0.05, 0) is 24.0 Å². The summed E-state index contributed by atoms with van der Waals surface area (Å²) >= 11 is 18.2. The minimum absolute atomic E-state index is 0.0448. The molecule has 0 spiro atoms. The molecule has 0 aromatic carbocycles. The molecule has 0 bridgehead atoms. The highest BCUT2D eigenvalue weighted by Gasteiger charge is 2.12. The van der Waals surface area contributed by atoms with Crippen molar-refractivity contribution in [1.29, 1.82) is 0 Å². The highest BCUT2D eigenvalue weighted by atomic mass is 35.5. The van der Waals surface area contributed by atoms with Crippen molar-refractivity contribution in [2.45, 2.75) is 37.4 Å². The van der Waals surface area contributed by atoms with Crippen LogP contribution in [0.15, 0.2) is 9.52 Å². The van der Waals surface area contributed by atoms with Crippen molar-refractivity contribution >= 4 is 46.6 Å². The second kappa shape index (κ2) is 6.90. The van der Waals surface area contributed by atoms with Crippen LogP contribution in [0, 0.1) is 11.2 Å². The van der Waals surface area contributed by atoms with Gasteiger partial charge in [-0.1, -0.05) is 65.8 Å². The molecule has 14 heavy (non-hydrogen) atoms. The lowest BCUT2D eigenvalue weighted by molar-refractivity contribution is 0.517. The summed E-state index contributed by atoms with van der Waals surface area (Å²) in [7, 11) is 0. The molecule has 0 heterocycles. The first-order valence-corrected chi connectivity index (χ1v) is 6.59. The molecular formula is C10H11Cl3S. The van der Waals surface area contributed by atoms with E-state index in [1.54, 1.807) is 11.8 Å². The van der Waals surface area contributed by atoms with E-state index in [0.29, 0.717) is 5.25 Å². The normalized spacial score (nSPS) is 17.1. The van der Waals surface area contributed by atoms with Crippen LogP contribution in [0.25, 0.3) is 0 Å². The Morgan fingerprint density at radius 1 is 1.07 bits per heavy atom. The van der Waals surface area contributed by atoms with Gasteiger partial charge in [0.1, 0.15) is 9.52 Å². The summed E-state index contributed by atoms with van der Waals surface area (Å²) in [5.41, 5.74) is 0. The molecule has 1 fully saturated rings. The van der Waals surface area contributed by atoms with E-state index >= 15 is 0 Å². The monoisotopic (exact) mass is 268 g/mol. The molecule has 78 valence electrons. The van der Waals surface area contributed by atoms with Crippen LogP contribution in [0.3, 0.4) is 0 Å². The average molecular weight is 270 g/mol. The van der Waals surface area contributed by atoms with Crippen LogP contribution in [0.5, 0.6) is 0 Å². The fraction of sp³-hybridized carbons (Fsp3) is 0.600. The average Bonchev–Trinajstić information content (AvgIpc) is 2.19. The van der Waals surface area contributed by atoms with Gasteiger partial charge in [0.25, 0.3) is 0 Å². The molecular weight excluding hydrogens is 259 g/mol. The van der Waals surface area contributed by atoms with Gasteiger partial charge < -0.3 is 0 Å². The molecule has 0 N–H and O–H groups in total. The summed E-state index contributed by atoms with van der Waals surface area (Å²) in [4.78, 5) is 0. The van der Waals surface area contributed by atoms with Gasteiger partial charge in [0, 0.05) is 5.25 Å². The van der Waals surface area contributed by atoms with Crippen LogP contribution in [0.4, 0.5) is 0 Å². The molecule has 1 aliphatic rings. The fourth-order valence-corrected chi connectivity index (χ4v) is 2.48. The first-order chi connectivity index (χ1) is 6.70. The number of hydrogen-bond donors (Lipinski definition) is 0. The summed E-state index contributed by atoms with van der Waals surface area (Å²) in [6.45, 7) is 0. The van der Waals surface area contributed by atoms with Crippen molar-refractivity contribution in [3.05, 3.63) is 9.52 Å². The zero-order valence-corrected chi connectivity index (χ0v) is 10.7. The zero-order chi connectivity index (χ0) is 10.4. The fourth-order valence-electron chi connectivity index (χ4n) is 1.39. The van der Waals surface area contributed by atoms with Crippen LogP contribution < -0.4 is 0 Å². The molecule has 1 rings (SSSR count). The van der Waals surface area contributed by atoms with Crippen LogP contribution in [0.1, 0.15) is 32.1 Å². The quantitative estimate of drug-likeness (QED) is 0.610. The van der Waals surface area contributed by atoms with Gasteiger partial charge in [0.2, 0.25) is 0 Å². The third-order valence-corrected chi connectivity index (χ3v) is 3.98. The third-order valence-electron chi connectivity index (χ3n) is 2.10. The van der Waals surface area contributed by atoms with Gasteiger partial charge in [-0.15, -0.1) is 0 Å². The van der Waals surface area contributed by atoms with Crippen molar-refractivity contribution in [3.63, 3.8) is 0 Å². The van der Waals surface area contributed by atoms with E-state index in [1.165, 1.54) is 32.1 Å². The molecule has 0 radical (unpaired) electrons. The Balaban J connectivity index is 2.35. The smallest absolute Gasteiger partial charge is 0.0717 e. The maximum atomic E-state index is 5.66. The molecule has 0 amide bonds. The Hall–Kier alpha value is 0.520. The van der Waals surface area contributed by atoms with Gasteiger partial charge in [-0.25, -0.2) is 0 Å². The standard InChI is InChI=1S/C10H11Cl3S/c11-9(10(12)13)6-7-14-8-4-2-1-3-5-8/h8H,1-5H2. The summed E-state index contributed by atoms with van der Waals surface area (Å²) in [6.07, 6.45) is 6.52. The largest absolute Gasteiger partial charge is 0.133 e. The summed E-state index contributed by atoms with van der Waals surface area (Å²) < 4.78 is 0.0448. The third kappa shape index (κ3) is 4.84. The van der Waals surface area contributed by atoms with Crippen molar-refractivity contribution in [2.24, 2.45) is 0 Å². The molecule has 0 atom stereocenters. The first-order valence-electron chi connectivity index (χ1n) is 4.57. The molecule has 0 aromatic heterocycles. The van der Waals surface area contributed by atoms with Crippen molar-refractivity contribution < 1.29 is 0 Å². The van der Waals surface area contributed by atoms with Gasteiger partial charge in [0.05, 0.1) is 0 Å². The van der Waals surface area contributed by atoms with E-state index in [9.17, 15) is 0 Å². The van der Waals surface area contributed by atoms with Crippen molar-refractivity contribution in [2.75, 3.05) is 0 Å². The first kappa shape index (κ1) is 12.6. The Bertz CT molecular complexity index is 265. The summed E-state index contributed by atoms with van der Waals surface area (Å²) in [6, 6.07) is 0. The SMILES string of the molecule is ClC(Cl)=C(Cl)C#CSC1CCCCC1. The molecule has 0 aromatic rings. The lowest BCUT2D eigenvalue weighted by Gasteiger charge is -2.17. The number of thioether (sulfide) groups is 1. The van der Waals surface area contributed by atoms with E-state index in [1.807, 2.05) is 0 Å². The van der Waals surface area contributed by atoms with Crippen molar-refractivity contribution in [1.82, 2.24) is 0 Å². The Morgan fingerprint density at radius 3 is 2.29 bits per heavy atom. The minimum atomic E-state index is 0.0448. The van der Waals surface area contributed by atoms with Gasteiger partial charge in [-0.3, -0.25) is 0 Å². The topological polar surface area (TPSA) is 0 Å². The van der Waals surface area contributed by atoms with E-state index in [2.05, 4.69) is 11.2 Å². The minimum Gasteiger partial charge on any atom is -0.0717 e. The maximum Gasteiger partial charge on any atom is 0.133 e. The van der Waals surface area contributed by atoms with Gasteiger partial charge >= 0.3 is 0 Å². The predicted molar refractivity (Wildman–Crippen MR) is 66.8 cm³/mol. The number of hydrogen-bond acceptors (Lipinski definition) is 1. The molecule has 1 aliphatic carbocycles. The Morgan fingerprint density at radius 2 is 1.71 bits per heavy atom. The van der Waals surface area contributed by atoms with E-state index < -0.39 is 0 Å². The summed E-state index contributed by atoms with van der Waals surface area (Å²) in [5, 5.41) is 3.84. The lowest BCUT2D eigenvalue weighted by atomic mass is 10.0. The molecule has 1 saturated carbocycles. The van der Waals surface area contributed by atoms with Crippen LogP contribution in [0.2, 0.25) is 0 Å². The number of halogens is 3.